The van der Waals surface area contributed by atoms with Crippen molar-refractivity contribution < 1.29 is 14.3 Å². The summed E-state index contributed by atoms with van der Waals surface area (Å²) in [5.74, 6) is 1.14. The quantitative estimate of drug-likeness (QED) is 0.793. The number of aryl methyl sites for hydroxylation is 2. The van der Waals surface area contributed by atoms with Gasteiger partial charge in [0.2, 0.25) is 5.91 Å². The van der Waals surface area contributed by atoms with Gasteiger partial charge in [0.1, 0.15) is 11.4 Å². The summed E-state index contributed by atoms with van der Waals surface area (Å²) in [4.78, 5) is 31.2. The van der Waals surface area contributed by atoms with Crippen molar-refractivity contribution in [2.24, 2.45) is 5.92 Å². The van der Waals surface area contributed by atoms with Crippen LogP contribution in [0.5, 0.6) is 5.75 Å². The minimum absolute atomic E-state index is 0.00634. The number of carbonyl (C=O) groups excluding carboxylic acids is 2. The first-order valence-corrected chi connectivity index (χ1v) is 10.5. The number of amides is 2. The van der Waals surface area contributed by atoms with Crippen LogP contribution in [-0.4, -0.2) is 41.9 Å². The molecule has 3 rings (SSSR count). The number of nitrogens with one attached hydrogen (secondary N) is 1. The fourth-order valence-electron chi connectivity index (χ4n) is 3.56. The van der Waals surface area contributed by atoms with Gasteiger partial charge in [0, 0.05) is 30.6 Å². The fraction of sp³-hybridized carbons (Fsp3) is 0.476. The van der Waals surface area contributed by atoms with Gasteiger partial charge in [-0.3, -0.25) is 9.59 Å². The maximum Gasteiger partial charge on any atom is 0.273 e. The predicted octanol–water partition coefficient (Wildman–Crippen LogP) is 4.04. The highest BCUT2D eigenvalue weighted by atomic mass is 32.1. The molecule has 6 nitrogen and oxygen atoms in total. The molecule has 1 aliphatic rings. The Hall–Kier alpha value is -2.41. The maximum absolute atomic E-state index is 12.6. The van der Waals surface area contributed by atoms with Gasteiger partial charge in [-0.2, -0.15) is 0 Å². The Balaban J connectivity index is 1.50. The van der Waals surface area contributed by atoms with Gasteiger partial charge >= 0.3 is 0 Å². The third-order valence-electron chi connectivity index (χ3n) is 5.13. The van der Waals surface area contributed by atoms with E-state index >= 15 is 0 Å². The van der Waals surface area contributed by atoms with E-state index in [1.54, 1.807) is 7.11 Å². The Bertz CT molecular complexity index is 849. The van der Waals surface area contributed by atoms with Crippen LogP contribution in [0.3, 0.4) is 0 Å². The molecule has 7 heteroatoms. The molecule has 0 bridgehead atoms. The summed E-state index contributed by atoms with van der Waals surface area (Å²) in [6, 6.07) is 5.61. The second kappa shape index (κ2) is 9.19. The molecule has 28 heavy (non-hydrogen) atoms. The molecule has 0 unspecified atom stereocenters. The lowest BCUT2D eigenvalue weighted by atomic mass is 9.93. The van der Waals surface area contributed by atoms with E-state index in [1.165, 1.54) is 11.3 Å². The second-order valence-corrected chi connectivity index (χ2v) is 8.34. The molecule has 2 heterocycles. The van der Waals surface area contributed by atoms with E-state index < -0.39 is 0 Å². The van der Waals surface area contributed by atoms with E-state index in [9.17, 15) is 9.59 Å². The van der Waals surface area contributed by atoms with Crippen LogP contribution in [0.25, 0.3) is 0 Å². The molecule has 1 N–H and O–H groups in total. The number of anilines is 1. The van der Waals surface area contributed by atoms with E-state index in [-0.39, 0.29) is 11.8 Å². The van der Waals surface area contributed by atoms with Crippen LogP contribution in [0, 0.1) is 19.8 Å². The summed E-state index contributed by atoms with van der Waals surface area (Å²) in [6.07, 6.45) is 3.25. The van der Waals surface area contributed by atoms with E-state index in [4.69, 9.17) is 4.74 Å². The highest BCUT2D eigenvalue weighted by molar-refractivity contribution is 7.09. The van der Waals surface area contributed by atoms with Crippen LogP contribution in [-0.2, 0) is 4.79 Å². The number of carbonyl (C=O) groups is 2. The monoisotopic (exact) mass is 401 g/mol. The van der Waals surface area contributed by atoms with Gasteiger partial charge in [0.25, 0.3) is 5.91 Å². The molecular formula is C21H27N3O3S. The highest BCUT2D eigenvalue weighted by Gasteiger charge is 2.26. The van der Waals surface area contributed by atoms with Crippen molar-refractivity contribution in [2.75, 3.05) is 25.5 Å². The van der Waals surface area contributed by atoms with Crippen molar-refractivity contribution in [3.05, 3.63) is 39.8 Å². The summed E-state index contributed by atoms with van der Waals surface area (Å²) in [5.41, 5.74) is 2.32. The lowest BCUT2D eigenvalue weighted by Crippen LogP contribution is -2.40. The molecule has 1 aliphatic heterocycles. The van der Waals surface area contributed by atoms with Gasteiger partial charge in [0.05, 0.1) is 12.1 Å². The number of hydrogen-bond donors (Lipinski definition) is 1. The van der Waals surface area contributed by atoms with Gasteiger partial charge < -0.3 is 15.0 Å². The van der Waals surface area contributed by atoms with Crippen LogP contribution in [0.4, 0.5) is 5.69 Å². The van der Waals surface area contributed by atoms with Gasteiger partial charge in [-0.25, -0.2) is 4.98 Å². The third kappa shape index (κ3) is 5.10. The molecule has 2 amide bonds. The Morgan fingerprint density at radius 3 is 2.86 bits per heavy atom. The molecule has 150 valence electrons. The zero-order chi connectivity index (χ0) is 20.1. The molecular weight excluding hydrogens is 374 g/mol. The molecule has 0 aliphatic carbocycles. The normalized spacial score (nSPS) is 16.7. The van der Waals surface area contributed by atoms with Crippen molar-refractivity contribution in [1.82, 2.24) is 9.88 Å². The zero-order valence-electron chi connectivity index (χ0n) is 16.7. The number of likely N-dealkylation sites (tertiary alicyclic amines) is 1. The molecule has 1 fully saturated rings. The number of nitrogens with zero attached hydrogens (tertiary/aromatic N) is 2. The standard InChI is InChI=1S/C21H27N3O3S/c1-14-11-17(27-3)7-8-18(14)23-20(25)9-6-16-5-4-10-24(12-16)21(26)19-13-28-15(2)22-19/h7-8,11,13,16H,4-6,9-10,12H2,1-3H3,(H,23,25)/t16-/m0/s1. The number of thiazole rings is 1. The van der Waals surface area contributed by atoms with Crippen molar-refractivity contribution in [2.45, 2.75) is 39.5 Å². The Kier molecular flexibility index (Phi) is 6.67. The third-order valence-corrected chi connectivity index (χ3v) is 5.91. The summed E-state index contributed by atoms with van der Waals surface area (Å²) in [5, 5.41) is 5.71. The largest absolute Gasteiger partial charge is 0.497 e. The Labute approximate surface area is 169 Å². The van der Waals surface area contributed by atoms with E-state index in [1.807, 2.05) is 42.3 Å². The average molecular weight is 402 g/mol. The van der Waals surface area contributed by atoms with Crippen molar-refractivity contribution >= 4 is 28.8 Å². The topological polar surface area (TPSA) is 71.5 Å². The molecule has 1 aromatic heterocycles. The summed E-state index contributed by atoms with van der Waals surface area (Å²) >= 11 is 1.50. The SMILES string of the molecule is COc1ccc(NC(=O)CC[C@@H]2CCCN(C(=O)c3csc(C)n3)C2)c(C)c1. The Morgan fingerprint density at radius 2 is 2.18 bits per heavy atom. The number of methoxy groups -OCH3 is 1. The maximum atomic E-state index is 12.6. The first-order valence-electron chi connectivity index (χ1n) is 9.62. The molecule has 0 saturated carbocycles. The summed E-state index contributed by atoms with van der Waals surface area (Å²) in [6.45, 7) is 5.32. The molecule has 1 atom stereocenters. The molecule has 1 saturated heterocycles. The number of aromatic nitrogens is 1. The van der Waals surface area contributed by atoms with Gasteiger partial charge in [0.15, 0.2) is 0 Å². The van der Waals surface area contributed by atoms with Crippen LogP contribution in [0.15, 0.2) is 23.6 Å². The number of piperidine rings is 1. The second-order valence-electron chi connectivity index (χ2n) is 7.28. The highest BCUT2D eigenvalue weighted by Crippen LogP contribution is 2.24. The first-order chi connectivity index (χ1) is 13.5. The van der Waals surface area contributed by atoms with Gasteiger partial charge in [-0.05, 0) is 62.8 Å². The van der Waals surface area contributed by atoms with Crippen molar-refractivity contribution in [1.29, 1.82) is 0 Å². The summed E-state index contributed by atoms with van der Waals surface area (Å²) < 4.78 is 5.20. The number of rotatable bonds is 6. The van der Waals surface area contributed by atoms with Crippen LogP contribution < -0.4 is 10.1 Å². The van der Waals surface area contributed by atoms with E-state index in [0.717, 1.165) is 47.8 Å². The Morgan fingerprint density at radius 1 is 1.36 bits per heavy atom. The van der Waals surface area contributed by atoms with E-state index in [0.29, 0.717) is 24.6 Å². The van der Waals surface area contributed by atoms with Gasteiger partial charge in [-0.1, -0.05) is 0 Å². The van der Waals surface area contributed by atoms with Crippen molar-refractivity contribution in [3.63, 3.8) is 0 Å². The molecule has 0 spiro atoms. The minimum Gasteiger partial charge on any atom is -0.497 e. The molecule has 1 aromatic carbocycles. The number of ether oxygens (including phenoxy) is 1. The van der Waals surface area contributed by atoms with E-state index in [2.05, 4.69) is 10.3 Å². The first kappa shape index (κ1) is 20.3. The lowest BCUT2D eigenvalue weighted by molar-refractivity contribution is -0.116. The van der Waals surface area contributed by atoms with Crippen LogP contribution in [0.2, 0.25) is 0 Å². The van der Waals surface area contributed by atoms with Gasteiger partial charge in [-0.15, -0.1) is 11.3 Å². The summed E-state index contributed by atoms with van der Waals surface area (Å²) in [7, 11) is 1.63. The molecule has 0 radical (unpaired) electrons. The minimum atomic E-state index is 0.00634. The number of hydrogen-bond acceptors (Lipinski definition) is 5. The van der Waals surface area contributed by atoms with Crippen LogP contribution >= 0.6 is 11.3 Å². The smallest absolute Gasteiger partial charge is 0.273 e. The number of benzene rings is 1. The van der Waals surface area contributed by atoms with Crippen LogP contribution in [0.1, 0.15) is 46.7 Å². The lowest BCUT2D eigenvalue weighted by Gasteiger charge is -2.32. The fourth-order valence-corrected chi connectivity index (χ4v) is 4.15. The zero-order valence-corrected chi connectivity index (χ0v) is 17.5. The predicted molar refractivity (Wildman–Crippen MR) is 111 cm³/mol. The van der Waals surface area contributed by atoms with Crippen molar-refractivity contribution in [3.8, 4) is 5.75 Å². The average Bonchev–Trinajstić information content (AvgIpc) is 3.14. The molecule has 2 aromatic rings.